The topological polar surface area (TPSA) is 66.4 Å². The summed E-state index contributed by atoms with van der Waals surface area (Å²) in [4.78, 5) is 22.3. The van der Waals surface area contributed by atoms with Crippen LogP contribution in [-0.2, 0) is 4.79 Å². The SMILES string of the molecule is CC(C)CCC(=O)Nc1ccc(C(=O)O)s1. The van der Waals surface area contributed by atoms with Gasteiger partial charge in [0.1, 0.15) is 4.88 Å². The van der Waals surface area contributed by atoms with Crippen molar-refractivity contribution in [2.45, 2.75) is 26.7 Å². The molecule has 0 fully saturated rings. The van der Waals surface area contributed by atoms with E-state index in [2.05, 4.69) is 19.2 Å². The smallest absolute Gasteiger partial charge is 0.345 e. The molecule has 0 aliphatic rings. The second-order valence-electron chi connectivity index (χ2n) is 3.95. The molecule has 0 aromatic carbocycles. The van der Waals surface area contributed by atoms with Crippen molar-refractivity contribution in [3.8, 4) is 0 Å². The molecule has 0 atom stereocenters. The number of carbonyl (C=O) groups excluding carboxylic acids is 1. The molecule has 1 amide bonds. The van der Waals surface area contributed by atoms with E-state index < -0.39 is 5.97 Å². The summed E-state index contributed by atoms with van der Waals surface area (Å²) in [5.74, 6) is -0.538. The highest BCUT2D eigenvalue weighted by Gasteiger charge is 2.09. The number of aromatic carboxylic acids is 1. The zero-order valence-corrected chi connectivity index (χ0v) is 10.1. The molecule has 0 aliphatic carbocycles. The van der Waals surface area contributed by atoms with Crippen molar-refractivity contribution in [1.82, 2.24) is 0 Å². The van der Waals surface area contributed by atoms with Crippen molar-refractivity contribution >= 4 is 28.2 Å². The number of amides is 1. The molecule has 0 aliphatic heterocycles. The Morgan fingerprint density at radius 3 is 2.62 bits per heavy atom. The van der Waals surface area contributed by atoms with Crippen LogP contribution >= 0.6 is 11.3 Å². The third kappa shape index (κ3) is 4.02. The third-order valence-corrected chi connectivity index (χ3v) is 3.02. The van der Waals surface area contributed by atoms with E-state index in [9.17, 15) is 9.59 Å². The van der Waals surface area contributed by atoms with E-state index in [0.717, 1.165) is 17.8 Å². The summed E-state index contributed by atoms with van der Waals surface area (Å²) in [6.07, 6.45) is 1.31. The maximum Gasteiger partial charge on any atom is 0.345 e. The van der Waals surface area contributed by atoms with E-state index in [1.165, 1.54) is 6.07 Å². The molecule has 0 spiro atoms. The van der Waals surface area contributed by atoms with Gasteiger partial charge in [-0.3, -0.25) is 4.79 Å². The van der Waals surface area contributed by atoms with Crippen molar-refractivity contribution in [3.05, 3.63) is 17.0 Å². The molecule has 2 N–H and O–H groups in total. The van der Waals surface area contributed by atoms with E-state index in [-0.39, 0.29) is 10.8 Å². The van der Waals surface area contributed by atoms with Crippen molar-refractivity contribution in [3.63, 3.8) is 0 Å². The molecular formula is C11H15NO3S. The summed E-state index contributed by atoms with van der Waals surface area (Å²) in [6, 6.07) is 3.10. The Kier molecular flexibility index (Phi) is 4.49. The number of hydrogen-bond donors (Lipinski definition) is 2. The fourth-order valence-electron chi connectivity index (χ4n) is 1.14. The number of rotatable bonds is 5. The molecule has 1 heterocycles. The molecule has 0 saturated carbocycles. The molecule has 0 unspecified atom stereocenters. The highest BCUT2D eigenvalue weighted by molar-refractivity contribution is 7.18. The van der Waals surface area contributed by atoms with E-state index in [1.54, 1.807) is 6.07 Å². The van der Waals surface area contributed by atoms with E-state index in [4.69, 9.17) is 5.11 Å². The first kappa shape index (κ1) is 12.7. The quantitative estimate of drug-likeness (QED) is 0.833. The first-order valence-corrected chi connectivity index (χ1v) is 5.93. The average molecular weight is 241 g/mol. The Morgan fingerprint density at radius 2 is 2.12 bits per heavy atom. The number of carboxylic acids is 1. The van der Waals surface area contributed by atoms with Crippen LogP contribution in [0.2, 0.25) is 0 Å². The number of carbonyl (C=O) groups is 2. The van der Waals surface area contributed by atoms with E-state index >= 15 is 0 Å². The molecule has 1 rings (SSSR count). The van der Waals surface area contributed by atoms with Crippen LogP contribution in [0.1, 0.15) is 36.4 Å². The Morgan fingerprint density at radius 1 is 1.44 bits per heavy atom. The zero-order valence-electron chi connectivity index (χ0n) is 9.32. The Balaban J connectivity index is 2.46. The summed E-state index contributed by atoms with van der Waals surface area (Å²) in [5.41, 5.74) is 0. The van der Waals surface area contributed by atoms with Gasteiger partial charge in [0.25, 0.3) is 0 Å². The largest absolute Gasteiger partial charge is 0.477 e. The molecule has 88 valence electrons. The molecule has 0 radical (unpaired) electrons. The number of anilines is 1. The Bertz CT molecular complexity index is 384. The van der Waals surface area contributed by atoms with Gasteiger partial charge in [-0.2, -0.15) is 0 Å². The van der Waals surface area contributed by atoms with Crippen LogP contribution in [0.25, 0.3) is 0 Å². The second kappa shape index (κ2) is 5.65. The number of thiophene rings is 1. The molecular weight excluding hydrogens is 226 g/mol. The van der Waals surface area contributed by atoms with Crippen molar-refractivity contribution in [2.75, 3.05) is 5.32 Å². The first-order chi connectivity index (χ1) is 7.49. The fraction of sp³-hybridized carbons (Fsp3) is 0.455. The van der Waals surface area contributed by atoms with E-state index in [1.807, 2.05) is 0 Å². The van der Waals surface area contributed by atoms with Crippen LogP contribution in [-0.4, -0.2) is 17.0 Å². The molecule has 1 aromatic rings. The predicted molar refractivity (Wildman–Crippen MR) is 64.0 cm³/mol. The monoisotopic (exact) mass is 241 g/mol. The van der Waals surface area contributed by atoms with Gasteiger partial charge >= 0.3 is 5.97 Å². The predicted octanol–water partition coefficient (Wildman–Crippen LogP) is 2.82. The summed E-state index contributed by atoms with van der Waals surface area (Å²) >= 11 is 1.07. The van der Waals surface area contributed by atoms with Crippen LogP contribution in [0.5, 0.6) is 0 Å². The molecule has 0 bridgehead atoms. The average Bonchev–Trinajstić information content (AvgIpc) is 2.63. The lowest BCUT2D eigenvalue weighted by molar-refractivity contribution is -0.116. The number of hydrogen-bond acceptors (Lipinski definition) is 3. The van der Waals surface area contributed by atoms with Crippen LogP contribution < -0.4 is 5.32 Å². The van der Waals surface area contributed by atoms with Gasteiger partial charge in [-0.25, -0.2) is 4.79 Å². The van der Waals surface area contributed by atoms with Crippen LogP contribution in [0.15, 0.2) is 12.1 Å². The van der Waals surface area contributed by atoms with Gasteiger partial charge in [-0.05, 0) is 24.5 Å². The van der Waals surface area contributed by atoms with Crippen molar-refractivity contribution < 1.29 is 14.7 Å². The van der Waals surface area contributed by atoms with Gasteiger partial charge in [-0.1, -0.05) is 13.8 Å². The first-order valence-electron chi connectivity index (χ1n) is 5.12. The molecule has 16 heavy (non-hydrogen) atoms. The van der Waals surface area contributed by atoms with Gasteiger partial charge in [-0.15, -0.1) is 11.3 Å². The molecule has 0 saturated heterocycles. The van der Waals surface area contributed by atoms with E-state index in [0.29, 0.717) is 17.3 Å². The molecule has 1 aromatic heterocycles. The highest BCUT2D eigenvalue weighted by atomic mass is 32.1. The molecule has 4 nitrogen and oxygen atoms in total. The van der Waals surface area contributed by atoms with Gasteiger partial charge in [0, 0.05) is 6.42 Å². The number of carboxylic acid groups (broad SMARTS) is 1. The summed E-state index contributed by atoms with van der Waals surface area (Å²) in [5, 5.41) is 12.0. The minimum absolute atomic E-state index is 0.0625. The Labute approximate surface area is 98.3 Å². The highest BCUT2D eigenvalue weighted by Crippen LogP contribution is 2.22. The lowest BCUT2D eigenvalue weighted by Crippen LogP contribution is -2.11. The lowest BCUT2D eigenvalue weighted by atomic mass is 10.1. The maximum absolute atomic E-state index is 11.4. The van der Waals surface area contributed by atoms with Gasteiger partial charge in [0.2, 0.25) is 5.91 Å². The summed E-state index contributed by atoms with van der Waals surface area (Å²) < 4.78 is 0. The maximum atomic E-state index is 11.4. The normalized spacial score (nSPS) is 10.4. The van der Waals surface area contributed by atoms with Crippen LogP contribution in [0, 0.1) is 5.92 Å². The second-order valence-corrected chi connectivity index (χ2v) is 5.03. The summed E-state index contributed by atoms with van der Waals surface area (Å²) in [7, 11) is 0. The lowest BCUT2D eigenvalue weighted by Gasteiger charge is -2.04. The van der Waals surface area contributed by atoms with Gasteiger partial charge in [0.05, 0.1) is 5.00 Å². The summed E-state index contributed by atoms with van der Waals surface area (Å²) in [6.45, 7) is 4.11. The van der Waals surface area contributed by atoms with Crippen molar-refractivity contribution in [1.29, 1.82) is 0 Å². The third-order valence-electron chi connectivity index (χ3n) is 2.03. The van der Waals surface area contributed by atoms with Crippen LogP contribution in [0.3, 0.4) is 0 Å². The van der Waals surface area contributed by atoms with Crippen LogP contribution in [0.4, 0.5) is 5.00 Å². The van der Waals surface area contributed by atoms with Gasteiger partial charge < -0.3 is 10.4 Å². The van der Waals surface area contributed by atoms with Gasteiger partial charge in [0.15, 0.2) is 0 Å². The Hall–Kier alpha value is -1.36. The standard InChI is InChI=1S/C11H15NO3S/c1-7(2)3-5-9(13)12-10-6-4-8(16-10)11(14)15/h4,6-7H,3,5H2,1-2H3,(H,12,13)(H,14,15). The fourth-order valence-corrected chi connectivity index (χ4v) is 1.90. The minimum atomic E-state index is -0.965. The molecule has 5 heteroatoms. The zero-order chi connectivity index (χ0) is 12.1. The minimum Gasteiger partial charge on any atom is -0.477 e. The number of nitrogens with one attached hydrogen (secondary N) is 1. The van der Waals surface area contributed by atoms with Crippen molar-refractivity contribution in [2.24, 2.45) is 5.92 Å².